The van der Waals surface area contributed by atoms with Crippen LogP contribution >= 0.6 is 0 Å². The van der Waals surface area contributed by atoms with E-state index in [2.05, 4.69) is 25.9 Å². The average Bonchev–Trinajstić information content (AvgIpc) is 3.38. The van der Waals surface area contributed by atoms with Gasteiger partial charge in [0.15, 0.2) is 0 Å². The molecule has 12 nitrogen and oxygen atoms in total. The van der Waals surface area contributed by atoms with Crippen molar-refractivity contribution in [1.29, 1.82) is 0 Å². The smallest absolute Gasteiger partial charge is 0.328 e. The number of benzene rings is 1. The maximum Gasteiger partial charge on any atom is 0.328 e. The zero-order valence-corrected chi connectivity index (χ0v) is 20.3. The van der Waals surface area contributed by atoms with E-state index in [0.29, 0.717) is 12.1 Å². The first kappa shape index (κ1) is 28.5. The highest BCUT2D eigenvalue weighted by atomic mass is 16.4. The molecule has 1 heterocycles. The summed E-state index contributed by atoms with van der Waals surface area (Å²) in [4.78, 5) is 56.9. The van der Waals surface area contributed by atoms with Gasteiger partial charge in [-0.2, -0.15) is 0 Å². The normalized spacial score (nSPS) is 15.1. The number of hydrogen-bond donors (Lipinski definition) is 7. The van der Waals surface area contributed by atoms with Crippen molar-refractivity contribution in [3.05, 3.63) is 54.1 Å². The van der Waals surface area contributed by atoms with Gasteiger partial charge in [0.1, 0.15) is 18.1 Å². The average molecular weight is 503 g/mol. The molecule has 36 heavy (non-hydrogen) atoms. The number of H-pyrrole nitrogens is 1. The quantitative estimate of drug-likeness (QED) is 0.172. The van der Waals surface area contributed by atoms with Gasteiger partial charge in [-0.05, 0) is 17.9 Å². The molecule has 1 aromatic heterocycles. The highest BCUT2D eigenvalue weighted by Gasteiger charge is 2.32. The molecule has 8 N–H and O–H groups in total. The lowest BCUT2D eigenvalue weighted by molar-refractivity contribution is -0.143. The van der Waals surface area contributed by atoms with Crippen LogP contribution in [0.2, 0.25) is 0 Å². The summed E-state index contributed by atoms with van der Waals surface area (Å²) in [5.41, 5.74) is 7.47. The Morgan fingerprint density at radius 3 is 2.22 bits per heavy atom. The summed E-state index contributed by atoms with van der Waals surface area (Å²) in [6, 6.07) is 4.60. The van der Waals surface area contributed by atoms with Crippen LogP contribution in [0, 0.1) is 5.92 Å². The Hall–Kier alpha value is -3.77. The van der Waals surface area contributed by atoms with E-state index < -0.39 is 54.5 Å². The molecule has 2 rings (SSSR count). The molecule has 5 unspecified atom stereocenters. The second-order valence-electron chi connectivity index (χ2n) is 8.59. The summed E-state index contributed by atoms with van der Waals surface area (Å²) in [5.74, 6) is -3.66. The molecule has 0 aliphatic carbocycles. The third-order valence-electron chi connectivity index (χ3n) is 5.84. The molecular weight excluding hydrogens is 468 g/mol. The fourth-order valence-electron chi connectivity index (χ4n) is 3.47. The van der Waals surface area contributed by atoms with Gasteiger partial charge in [-0.3, -0.25) is 14.4 Å². The summed E-state index contributed by atoms with van der Waals surface area (Å²) in [5, 5.41) is 25.9. The van der Waals surface area contributed by atoms with Crippen molar-refractivity contribution in [3.63, 3.8) is 0 Å². The molecule has 196 valence electrons. The fraction of sp³-hybridized carbons (Fsp3) is 0.458. The minimum atomic E-state index is -1.54. The first-order valence-corrected chi connectivity index (χ1v) is 11.7. The van der Waals surface area contributed by atoms with Crippen molar-refractivity contribution in [1.82, 2.24) is 25.9 Å². The molecule has 0 fully saturated rings. The van der Waals surface area contributed by atoms with Crippen LogP contribution in [0.4, 0.5) is 0 Å². The molecule has 12 heteroatoms. The fourth-order valence-corrected chi connectivity index (χ4v) is 3.47. The van der Waals surface area contributed by atoms with E-state index in [1.807, 2.05) is 37.3 Å². The van der Waals surface area contributed by atoms with Crippen molar-refractivity contribution in [2.75, 3.05) is 6.61 Å². The minimum absolute atomic E-state index is 0.0238. The van der Waals surface area contributed by atoms with Gasteiger partial charge < -0.3 is 36.9 Å². The summed E-state index contributed by atoms with van der Waals surface area (Å²) in [7, 11) is 0. The van der Waals surface area contributed by atoms with Gasteiger partial charge in [-0.15, -0.1) is 0 Å². The zero-order valence-electron chi connectivity index (χ0n) is 20.3. The molecule has 0 bridgehead atoms. The molecule has 0 aliphatic rings. The van der Waals surface area contributed by atoms with E-state index in [9.17, 15) is 24.3 Å². The lowest BCUT2D eigenvalue weighted by Crippen LogP contribution is -2.59. The Bertz CT molecular complexity index is 1000. The Labute approximate surface area is 209 Å². The molecule has 2 aromatic rings. The first-order chi connectivity index (χ1) is 17.2. The topological polar surface area (TPSA) is 200 Å². The number of carbonyl (C=O) groups is 4. The van der Waals surface area contributed by atoms with E-state index in [4.69, 9.17) is 10.8 Å². The maximum atomic E-state index is 13.3. The lowest BCUT2D eigenvalue weighted by atomic mass is 9.96. The number of aliphatic hydroxyl groups is 1. The van der Waals surface area contributed by atoms with Crippen molar-refractivity contribution in [2.45, 2.75) is 57.3 Å². The van der Waals surface area contributed by atoms with Crippen LogP contribution < -0.4 is 21.7 Å². The number of nitrogens with one attached hydrogen (secondary N) is 4. The zero-order chi connectivity index (χ0) is 26.7. The second kappa shape index (κ2) is 14.0. The predicted octanol–water partition coefficient (Wildman–Crippen LogP) is -0.900. The van der Waals surface area contributed by atoms with E-state index in [-0.39, 0.29) is 18.8 Å². The van der Waals surface area contributed by atoms with E-state index in [1.54, 1.807) is 6.92 Å². The number of carbonyl (C=O) groups excluding carboxylic acids is 3. The van der Waals surface area contributed by atoms with Gasteiger partial charge >= 0.3 is 5.97 Å². The molecule has 0 aliphatic heterocycles. The van der Waals surface area contributed by atoms with Gasteiger partial charge in [0.2, 0.25) is 17.7 Å². The van der Waals surface area contributed by atoms with Gasteiger partial charge in [0.25, 0.3) is 0 Å². The van der Waals surface area contributed by atoms with Gasteiger partial charge in [0, 0.05) is 18.3 Å². The number of amides is 3. The third-order valence-corrected chi connectivity index (χ3v) is 5.84. The number of carboxylic acids is 1. The van der Waals surface area contributed by atoms with Gasteiger partial charge in [-0.1, -0.05) is 50.6 Å². The van der Waals surface area contributed by atoms with Crippen molar-refractivity contribution in [2.24, 2.45) is 11.7 Å². The summed E-state index contributed by atoms with van der Waals surface area (Å²) < 4.78 is 0. The van der Waals surface area contributed by atoms with Gasteiger partial charge in [0.05, 0.1) is 19.0 Å². The van der Waals surface area contributed by atoms with Crippen molar-refractivity contribution >= 4 is 23.7 Å². The number of nitrogens with two attached hydrogens (primary N) is 1. The molecule has 5 atom stereocenters. The molecule has 0 saturated carbocycles. The van der Waals surface area contributed by atoms with Crippen LogP contribution in [0.15, 0.2) is 42.9 Å². The number of aliphatic hydroxyl groups excluding tert-OH is 1. The van der Waals surface area contributed by atoms with Gasteiger partial charge in [-0.25, -0.2) is 9.78 Å². The largest absolute Gasteiger partial charge is 0.480 e. The molecule has 0 radical (unpaired) electrons. The van der Waals surface area contributed by atoms with Crippen LogP contribution in [-0.2, 0) is 32.0 Å². The van der Waals surface area contributed by atoms with Crippen LogP contribution in [0.1, 0.15) is 31.5 Å². The Morgan fingerprint density at radius 1 is 1.00 bits per heavy atom. The van der Waals surface area contributed by atoms with Crippen molar-refractivity contribution in [3.8, 4) is 0 Å². The predicted molar refractivity (Wildman–Crippen MR) is 130 cm³/mol. The highest BCUT2D eigenvalue weighted by Crippen LogP contribution is 2.11. The SMILES string of the molecule is CCC(C)C(NC(=O)C(N)Cc1ccccc1)C(=O)NC(Cc1cnc[nH]1)C(=O)NC(CO)C(=O)O. The number of aromatic nitrogens is 2. The second-order valence-corrected chi connectivity index (χ2v) is 8.59. The number of rotatable bonds is 14. The summed E-state index contributed by atoms with van der Waals surface area (Å²) in [6.07, 6.45) is 3.67. The van der Waals surface area contributed by atoms with Crippen LogP contribution in [-0.4, -0.2) is 74.6 Å². The van der Waals surface area contributed by atoms with E-state index in [0.717, 1.165) is 5.56 Å². The summed E-state index contributed by atoms with van der Waals surface area (Å²) >= 11 is 0. The van der Waals surface area contributed by atoms with E-state index >= 15 is 0 Å². The first-order valence-electron chi connectivity index (χ1n) is 11.7. The van der Waals surface area contributed by atoms with E-state index in [1.165, 1.54) is 12.5 Å². The molecular formula is C24H34N6O6. The Kier molecular flexibility index (Phi) is 11.0. The molecule has 1 aromatic carbocycles. The molecule has 0 spiro atoms. The van der Waals surface area contributed by atoms with Crippen LogP contribution in [0.3, 0.4) is 0 Å². The molecule has 0 saturated heterocycles. The minimum Gasteiger partial charge on any atom is -0.480 e. The number of imidazole rings is 1. The maximum absolute atomic E-state index is 13.3. The highest BCUT2D eigenvalue weighted by molar-refractivity contribution is 5.94. The Morgan fingerprint density at radius 2 is 1.67 bits per heavy atom. The van der Waals surface area contributed by atoms with Crippen LogP contribution in [0.25, 0.3) is 0 Å². The summed E-state index contributed by atoms with van der Waals surface area (Å²) in [6.45, 7) is 2.81. The number of carboxylic acid groups (broad SMARTS) is 1. The van der Waals surface area contributed by atoms with Crippen LogP contribution in [0.5, 0.6) is 0 Å². The number of nitrogens with zero attached hydrogens (tertiary/aromatic N) is 1. The molecule has 3 amide bonds. The Balaban J connectivity index is 2.16. The third kappa shape index (κ3) is 8.47. The number of aliphatic carboxylic acids is 1. The number of aromatic amines is 1. The number of hydrogen-bond acceptors (Lipinski definition) is 7. The monoisotopic (exact) mass is 502 g/mol. The lowest BCUT2D eigenvalue weighted by Gasteiger charge is -2.27. The van der Waals surface area contributed by atoms with Crippen molar-refractivity contribution < 1.29 is 29.4 Å². The standard InChI is InChI=1S/C24H34N6O6/c1-3-14(2)20(30-21(32)17(25)9-15-7-5-4-6-8-15)23(34)28-18(10-16-11-26-13-27-16)22(33)29-19(12-31)24(35)36/h4-8,11,13-14,17-20,31H,3,9-10,12,25H2,1-2H3,(H,26,27)(H,28,34)(H,29,33)(H,30,32)(H,35,36).